The van der Waals surface area contributed by atoms with E-state index >= 15 is 0 Å². The number of likely N-dealkylation sites (tertiary alicyclic amines) is 2. The maximum Gasteiger partial charge on any atom is 0.264 e. The van der Waals surface area contributed by atoms with E-state index in [0.717, 1.165) is 29.7 Å². The van der Waals surface area contributed by atoms with E-state index in [-0.39, 0.29) is 17.4 Å². The summed E-state index contributed by atoms with van der Waals surface area (Å²) in [6.45, 7) is 5.04. The van der Waals surface area contributed by atoms with Gasteiger partial charge in [-0.2, -0.15) is 0 Å². The maximum atomic E-state index is 12.8. The van der Waals surface area contributed by atoms with Crippen LogP contribution in [-0.4, -0.2) is 65.6 Å². The van der Waals surface area contributed by atoms with E-state index in [0.29, 0.717) is 45.6 Å². The number of fused-ring (bicyclic) bond motifs is 2. The molecule has 0 unspecified atom stereocenters. The molecular weight excluding hydrogens is 352 g/mol. The first kappa shape index (κ1) is 17.9. The van der Waals surface area contributed by atoms with Gasteiger partial charge in [0.05, 0.1) is 23.2 Å². The van der Waals surface area contributed by atoms with Crippen LogP contribution in [-0.2, 0) is 21.6 Å². The highest BCUT2D eigenvalue weighted by molar-refractivity contribution is 7.14. The predicted octanol–water partition coefficient (Wildman–Crippen LogP) is 1.76. The summed E-state index contributed by atoms with van der Waals surface area (Å²) in [5.74, 6) is 0.222. The van der Waals surface area contributed by atoms with Crippen molar-refractivity contribution in [2.75, 3.05) is 32.8 Å². The summed E-state index contributed by atoms with van der Waals surface area (Å²) in [5, 5.41) is 9.70. The molecule has 1 N–H and O–H groups in total. The Labute approximate surface area is 157 Å². The largest absolute Gasteiger partial charge is 0.391 e. The Morgan fingerprint density at radius 3 is 2.73 bits per heavy atom. The molecule has 3 aliphatic heterocycles. The number of rotatable bonds is 2. The topological polar surface area (TPSA) is 70.1 Å². The minimum Gasteiger partial charge on any atom is -0.391 e. The number of carbonyl (C=O) groups is 2. The highest BCUT2D eigenvalue weighted by Crippen LogP contribution is 2.45. The average Bonchev–Trinajstić information content (AvgIpc) is 3.28. The molecule has 0 radical (unpaired) electrons. The van der Waals surface area contributed by atoms with Gasteiger partial charge < -0.3 is 19.6 Å². The number of thiophene rings is 1. The lowest BCUT2D eigenvalue weighted by molar-refractivity contribution is -0.140. The molecule has 4 rings (SSSR count). The van der Waals surface area contributed by atoms with Gasteiger partial charge in [0, 0.05) is 43.9 Å². The minimum absolute atomic E-state index is 0.0229. The van der Waals surface area contributed by atoms with Crippen LogP contribution in [0.5, 0.6) is 0 Å². The summed E-state index contributed by atoms with van der Waals surface area (Å²) in [6, 6.07) is 2.02. The van der Waals surface area contributed by atoms with Crippen LogP contribution in [0.3, 0.4) is 0 Å². The van der Waals surface area contributed by atoms with E-state index in [9.17, 15) is 14.7 Å². The summed E-state index contributed by atoms with van der Waals surface area (Å²) in [4.78, 5) is 30.4. The van der Waals surface area contributed by atoms with E-state index in [4.69, 9.17) is 4.74 Å². The van der Waals surface area contributed by atoms with Crippen LogP contribution >= 0.6 is 11.3 Å². The highest BCUT2D eigenvalue weighted by atomic mass is 32.1. The number of aliphatic hydroxyl groups excluding tert-OH is 1. The van der Waals surface area contributed by atoms with E-state index < -0.39 is 6.10 Å². The van der Waals surface area contributed by atoms with Crippen LogP contribution < -0.4 is 0 Å². The van der Waals surface area contributed by atoms with Crippen LogP contribution in [0, 0.1) is 0 Å². The van der Waals surface area contributed by atoms with Crippen molar-refractivity contribution in [3.8, 4) is 0 Å². The molecule has 2 saturated heterocycles. The molecular formula is C19H26N2O4S. The summed E-state index contributed by atoms with van der Waals surface area (Å²) >= 11 is 1.58. The van der Waals surface area contributed by atoms with Gasteiger partial charge in [0.2, 0.25) is 5.91 Å². The molecule has 26 heavy (non-hydrogen) atoms. The molecule has 2 fully saturated rings. The van der Waals surface area contributed by atoms with E-state index in [1.807, 2.05) is 17.9 Å². The van der Waals surface area contributed by atoms with Crippen LogP contribution in [0.15, 0.2) is 6.07 Å². The normalized spacial score (nSPS) is 24.8. The Morgan fingerprint density at radius 1 is 1.31 bits per heavy atom. The third-order valence-corrected chi connectivity index (χ3v) is 7.08. The fourth-order valence-electron chi connectivity index (χ4n) is 4.36. The molecule has 0 saturated carbocycles. The lowest BCUT2D eigenvalue weighted by Crippen LogP contribution is -2.47. The average molecular weight is 378 g/mol. The van der Waals surface area contributed by atoms with Gasteiger partial charge in [-0.1, -0.05) is 6.92 Å². The Kier molecular flexibility index (Phi) is 4.79. The number of amides is 2. The van der Waals surface area contributed by atoms with E-state index in [2.05, 4.69) is 0 Å². The molecule has 0 aromatic carbocycles. The quantitative estimate of drug-likeness (QED) is 0.851. The Hall–Kier alpha value is -1.44. The monoisotopic (exact) mass is 378 g/mol. The van der Waals surface area contributed by atoms with Gasteiger partial charge in [0.15, 0.2) is 0 Å². The molecule has 1 atom stereocenters. The second-order valence-corrected chi connectivity index (χ2v) is 8.61. The number of hydrogen-bond acceptors (Lipinski definition) is 5. The Balaban J connectivity index is 1.55. The van der Waals surface area contributed by atoms with Crippen LogP contribution in [0.4, 0.5) is 0 Å². The zero-order chi connectivity index (χ0) is 18.3. The van der Waals surface area contributed by atoms with E-state index in [1.165, 1.54) is 4.88 Å². The number of β-amino-alcohol motifs (C(OH)–C–C–N with tert-alkyl or cyclic N) is 1. The molecule has 3 aliphatic rings. The Morgan fingerprint density at radius 2 is 2.08 bits per heavy atom. The second kappa shape index (κ2) is 6.94. The van der Waals surface area contributed by atoms with Gasteiger partial charge in [-0.05, 0) is 30.9 Å². The zero-order valence-corrected chi connectivity index (χ0v) is 16.0. The first-order chi connectivity index (χ1) is 12.5. The molecule has 1 aromatic rings. The number of aliphatic hydroxyl groups is 1. The van der Waals surface area contributed by atoms with Crippen molar-refractivity contribution >= 4 is 23.2 Å². The van der Waals surface area contributed by atoms with Crippen molar-refractivity contribution in [2.24, 2.45) is 0 Å². The number of hydrogen-bond donors (Lipinski definition) is 1. The highest BCUT2D eigenvalue weighted by Gasteiger charge is 2.43. The summed E-state index contributed by atoms with van der Waals surface area (Å²) in [7, 11) is 0. The SMILES string of the molecule is CCC(=O)N1CCC2(CC1)OCCc1sc(C(=O)N3CC[C@@H](O)C3)cc12. The first-order valence-electron chi connectivity index (χ1n) is 9.54. The maximum absolute atomic E-state index is 12.8. The third-order valence-electron chi connectivity index (χ3n) is 5.89. The van der Waals surface area contributed by atoms with Gasteiger partial charge in [-0.15, -0.1) is 11.3 Å². The number of carbonyl (C=O) groups excluding carboxylic acids is 2. The van der Waals surface area contributed by atoms with Crippen LogP contribution in [0.2, 0.25) is 0 Å². The zero-order valence-electron chi connectivity index (χ0n) is 15.2. The number of ether oxygens (including phenoxy) is 1. The Bertz CT molecular complexity index is 708. The molecule has 0 aliphatic carbocycles. The molecule has 0 bridgehead atoms. The van der Waals surface area contributed by atoms with E-state index in [1.54, 1.807) is 16.2 Å². The standard InChI is InChI=1S/C19H26N2O4S/c1-2-17(23)20-8-5-19(6-9-20)14-11-16(26-15(14)4-10-25-19)18(24)21-7-3-13(22)12-21/h11,13,22H,2-10,12H2,1H3/t13-/m1/s1. The van der Waals surface area contributed by atoms with Gasteiger partial charge in [-0.3, -0.25) is 9.59 Å². The molecule has 142 valence electrons. The third kappa shape index (κ3) is 3.06. The first-order valence-corrected chi connectivity index (χ1v) is 10.4. The van der Waals surface area contributed by atoms with Gasteiger partial charge >= 0.3 is 0 Å². The molecule has 6 nitrogen and oxygen atoms in total. The number of piperidine rings is 1. The molecule has 1 aromatic heterocycles. The van der Waals surface area contributed by atoms with Crippen molar-refractivity contribution < 1.29 is 19.4 Å². The smallest absolute Gasteiger partial charge is 0.264 e. The minimum atomic E-state index is -0.399. The van der Waals surface area contributed by atoms with Crippen molar-refractivity contribution in [1.82, 2.24) is 9.80 Å². The van der Waals surface area contributed by atoms with Crippen LogP contribution in [0.1, 0.15) is 52.7 Å². The van der Waals surface area contributed by atoms with Crippen molar-refractivity contribution in [3.05, 3.63) is 21.4 Å². The van der Waals surface area contributed by atoms with Gasteiger partial charge in [0.25, 0.3) is 5.91 Å². The van der Waals surface area contributed by atoms with Crippen molar-refractivity contribution in [1.29, 1.82) is 0 Å². The van der Waals surface area contributed by atoms with Crippen molar-refractivity contribution in [2.45, 2.75) is 50.7 Å². The second-order valence-electron chi connectivity index (χ2n) is 7.47. The lowest BCUT2D eigenvalue weighted by atomic mass is 9.82. The molecule has 1 spiro atoms. The molecule has 7 heteroatoms. The summed E-state index contributed by atoms with van der Waals surface area (Å²) in [5.41, 5.74) is 0.804. The van der Waals surface area contributed by atoms with Crippen molar-refractivity contribution in [3.63, 3.8) is 0 Å². The fourth-order valence-corrected chi connectivity index (χ4v) is 5.56. The van der Waals surface area contributed by atoms with Crippen LogP contribution in [0.25, 0.3) is 0 Å². The molecule has 2 amide bonds. The molecule has 4 heterocycles. The predicted molar refractivity (Wildman–Crippen MR) is 98.3 cm³/mol. The number of nitrogens with zero attached hydrogens (tertiary/aromatic N) is 2. The van der Waals surface area contributed by atoms with Gasteiger partial charge in [0.1, 0.15) is 0 Å². The summed E-state index contributed by atoms with van der Waals surface area (Å²) in [6.07, 6.45) is 3.22. The van der Waals surface area contributed by atoms with Gasteiger partial charge in [-0.25, -0.2) is 0 Å². The summed E-state index contributed by atoms with van der Waals surface area (Å²) < 4.78 is 6.23. The fraction of sp³-hybridized carbons (Fsp3) is 0.684. The lowest BCUT2D eigenvalue weighted by Gasteiger charge is -2.44.